The minimum absolute atomic E-state index is 0.0877. The molecule has 0 bridgehead atoms. The first-order valence-corrected chi connectivity index (χ1v) is 9.13. The van der Waals surface area contributed by atoms with Gasteiger partial charge in [-0.05, 0) is 44.9 Å². The van der Waals surface area contributed by atoms with Crippen molar-refractivity contribution in [1.82, 2.24) is 5.32 Å². The van der Waals surface area contributed by atoms with Crippen LogP contribution in [0.2, 0.25) is 5.02 Å². The lowest BCUT2D eigenvalue weighted by atomic mass is 10.1. The van der Waals surface area contributed by atoms with E-state index in [-0.39, 0.29) is 6.42 Å². The number of aliphatic carboxylic acids is 1. The second kappa shape index (κ2) is 10.3. The van der Waals surface area contributed by atoms with E-state index >= 15 is 0 Å². The highest BCUT2D eigenvalue weighted by molar-refractivity contribution is 6.32. The quantitative estimate of drug-likeness (QED) is 0.614. The van der Waals surface area contributed by atoms with Gasteiger partial charge in [0.15, 0.2) is 0 Å². The van der Waals surface area contributed by atoms with Crippen molar-refractivity contribution in [3.8, 4) is 5.75 Å². The molecule has 146 valence electrons. The zero-order valence-corrected chi connectivity index (χ0v) is 16.6. The van der Waals surface area contributed by atoms with Crippen molar-refractivity contribution < 1.29 is 24.2 Å². The Morgan fingerprint density at radius 3 is 2.50 bits per heavy atom. The van der Waals surface area contributed by atoms with Crippen molar-refractivity contribution in [1.29, 1.82) is 0 Å². The number of hydrogen-bond donors (Lipinski definition) is 2. The van der Waals surface area contributed by atoms with Crippen LogP contribution in [0.1, 0.15) is 52.5 Å². The van der Waals surface area contributed by atoms with Crippen molar-refractivity contribution in [3.05, 3.63) is 28.8 Å². The number of alkyl carbamates (subject to hydrolysis) is 1. The summed E-state index contributed by atoms with van der Waals surface area (Å²) >= 11 is 6.21. The summed E-state index contributed by atoms with van der Waals surface area (Å²) in [6.07, 6.45) is 2.47. The van der Waals surface area contributed by atoms with Gasteiger partial charge in [-0.2, -0.15) is 0 Å². The molecule has 0 aliphatic carbocycles. The molecule has 7 heteroatoms. The van der Waals surface area contributed by atoms with Crippen LogP contribution in [0.5, 0.6) is 5.75 Å². The lowest BCUT2D eigenvalue weighted by Crippen LogP contribution is -2.44. The zero-order valence-electron chi connectivity index (χ0n) is 15.8. The van der Waals surface area contributed by atoms with Gasteiger partial charge in [0.1, 0.15) is 17.4 Å². The summed E-state index contributed by atoms with van der Waals surface area (Å²) < 4.78 is 10.7. The molecule has 1 rings (SSSR count). The van der Waals surface area contributed by atoms with Crippen LogP contribution >= 0.6 is 11.6 Å². The van der Waals surface area contributed by atoms with Crippen LogP contribution in [0.25, 0.3) is 0 Å². The third-order valence-electron chi connectivity index (χ3n) is 3.43. The van der Waals surface area contributed by atoms with E-state index in [1.54, 1.807) is 39.0 Å². The maximum absolute atomic E-state index is 11.8. The highest BCUT2D eigenvalue weighted by atomic mass is 35.5. The Bertz CT molecular complexity index is 612. The fourth-order valence-electron chi connectivity index (χ4n) is 2.21. The van der Waals surface area contributed by atoms with Crippen LogP contribution in [-0.4, -0.2) is 35.4 Å². The Labute approximate surface area is 159 Å². The maximum Gasteiger partial charge on any atom is 0.408 e. The summed E-state index contributed by atoms with van der Waals surface area (Å²) in [5.74, 6) is -0.578. The van der Waals surface area contributed by atoms with Gasteiger partial charge in [0, 0.05) is 6.42 Å². The predicted molar refractivity (Wildman–Crippen MR) is 101 cm³/mol. The average molecular weight is 386 g/mol. The van der Waals surface area contributed by atoms with Crippen molar-refractivity contribution in [2.75, 3.05) is 6.61 Å². The Morgan fingerprint density at radius 1 is 1.27 bits per heavy atom. The van der Waals surface area contributed by atoms with Gasteiger partial charge in [-0.1, -0.05) is 37.4 Å². The first-order chi connectivity index (χ1) is 12.1. The Kier molecular flexibility index (Phi) is 8.72. The SMILES string of the molecule is CCCCCOc1ccc(C[C@H](NC(=O)OC(C)(C)C)C(=O)O)cc1Cl. The number of amides is 1. The molecular formula is C19H28ClNO5. The van der Waals surface area contributed by atoms with Crippen LogP contribution in [0.15, 0.2) is 18.2 Å². The van der Waals surface area contributed by atoms with E-state index in [4.69, 9.17) is 21.1 Å². The summed E-state index contributed by atoms with van der Waals surface area (Å²) in [4.78, 5) is 23.2. The molecular weight excluding hydrogens is 358 g/mol. The molecule has 0 fully saturated rings. The number of halogens is 1. The lowest BCUT2D eigenvalue weighted by molar-refractivity contribution is -0.139. The summed E-state index contributed by atoms with van der Waals surface area (Å²) in [7, 11) is 0. The topological polar surface area (TPSA) is 84.9 Å². The minimum Gasteiger partial charge on any atom is -0.492 e. The maximum atomic E-state index is 11.8. The average Bonchev–Trinajstić information content (AvgIpc) is 2.50. The highest BCUT2D eigenvalue weighted by Crippen LogP contribution is 2.26. The molecule has 0 aromatic heterocycles. The van der Waals surface area contributed by atoms with E-state index in [0.29, 0.717) is 22.9 Å². The van der Waals surface area contributed by atoms with E-state index in [0.717, 1.165) is 19.3 Å². The van der Waals surface area contributed by atoms with Crippen molar-refractivity contribution in [2.24, 2.45) is 0 Å². The van der Waals surface area contributed by atoms with Crippen molar-refractivity contribution in [2.45, 2.75) is 65.0 Å². The third kappa shape index (κ3) is 8.43. The molecule has 26 heavy (non-hydrogen) atoms. The molecule has 1 aromatic rings. The molecule has 1 amide bonds. The Morgan fingerprint density at radius 2 is 1.96 bits per heavy atom. The smallest absolute Gasteiger partial charge is 0.408 e. The van der Waals surface area contributed by atoms with E-state index in [2.05, 4.69) is 12.2 Å². The number of unbranched alkanes of at least 4 members (excludes halogenated alkanes) is 2. The first kappa shape index (κ1) is 22.1. The molecule has 0 aliphatic rings. The van der Waals surface area contributed by atoms with Gasteiger partial charge in [0.2, 0.25) is 0 Å². The fourth-order valence-corrected chi connectivity index (χ4v) is 2.47. The molecule has 0 unspecified atom stereocenters. The number of benzene rings is 1. The number of carbonyl (C=O) groups is 2. The zero-order chi connectivity index (χ0) is 19.7. The molecule has 0 heterocycles. The van der Waals surface area contributed by atoms with Crippen LogP contribution < -0.4 is 10.1 Å². The van der Waals surface area contributed by atoms with E-state index < -0.39 is 23.7 Å². The number of carbonyl (C=O) groups excluding carboxylic acids is 1. The number of rotatable bonds is 9. The van der Waals surface area contributed by atoms with Crippen LogP contribution in [0.4, 0.5) is 4.79 Å². The molecule has 0 saturated carbocycles. The van der Waals surface area contributed by atoms with Crippen LogP contribution in [-0.2, 0) is 16.0 Å². The number of nitrogens with one attached hydrogen (secondary N) is 1. The second-order valence-corrected chi connectivity index (χ2v) is 7.47. The largest absolute Gasteiger partial charge is 0.492 e. The van der Waals surface area contributed by atoms with Crippen molar-refractivity contribution in [3.63, 3.8) is 0 Å². The lowest BCUT2D eigenvalue weighted by Gasteiger charge is -2.22. The number of carboxylic acids is 1. The third-order valence-corrected chi connectivity index (χ3v) is 3.73. The predicted octanol–water partition coefficient (Wildman–Crippen LogP) is 4.43. The summed E-state index contributed by atoms with van der Waals surface area (Å²) in [6, 6.07) is 4.00. The molecule has 2 N–H and O–H groups in total. The summed E-state index contributed by atoms with van der Waals surface area (Å²) in [5, 5.41) is 12.1. The molecule has 1 atom stereocenters. The number of hydrogen-bond acceptors (Lipinski definition) is 4. The summed E-state index contributed by atoms with van der Waals surface area (Å²) in [6.45, 7) is 7.83. The molecule has 0 saturated heterocycles. The monoisotopic (exact) mass is 385 g/mol. The standard InChI is InChI=1S/C19H28ClNO5/c1-5-6-7-10-25-16-9-8-13(11-14(16)20)12-15(17(22)23)21-18(24)26-19(2,3)4/h8-9,11,15H,5-7,10,12H2,1-4H3,(H,21,24)(H,22,23)/t15-/m0/s1. The van der Waals surface area contributed by atoms with Crippen molar-refractivity contribution >= 4 is 23.7 Å². The van der Waals surface area contributed by atoms with E-state index in [1.165, 1.54) is 0 Å². The number of ether oxygens (including phenoxy) is 2. The fraction of sp³-hybridized carbons (Fsp3) is 0.579. The molecule has 0 spiro atoms. The minimum atomic E-state index is -1.15. The van der Waals surface area contributed by atoms with Gasteiger partial charge < -0.3 is 19.9 Å². The Hall–Kier alpha value is -1.95. The summed E-state index contributed by atoms with van der Waals surface area (Å²) in [5.41, 5.74) is -0.0212. The van der Waals surface area contributed by atoms with Crippen LogP contribution in [0, 0.1) is 0 Å². The van der Waals surface area contributed by atoms with E-state index in [9.17, 15) is 14.7 Å². The first-order valence-electron chi connectivity index (χ1n) is 8.76. The second-order valence-electron chi connectivity index (χ2n) is 7.06. The Balaban J connectivity index is 2.69. The molecule has 0 aliphatic heterocycles. The molecule has 1 aromatic carbocycles. The van der Waals surface area contributed by atoms with Gasteiger partial charge in [-0.15, -0.1) is 0 Å². The van der Waals surface area contributed by atoms with Gasteiger partial charge in [-0.25, -0.2) is 9.59 Å². The van der Waals surface area contributed by atoms with Crippen LogP contribution in [0.3, 0.4) is 0 Å². The van der Waals surface area contributed by atoms with Gasteiger partial charge in [-0.3, -0.25) is 0 Å². The van der Waals surface area contributed by atoms with Gasteiger partial charge in [0.25, 0.3) is 0 Å². The van der Waals surface area contributed by atoms with E-state index in [1.807, 2.05) is 0 Å². The molecule has 0 radical (unpaired) electrons. The highest BCUT2D eigenvalue weighted by Gasteiger charge is 2.24. The number of carboxylic acid groups (broad SMARTS) is 1. The molecule has 6 nitrogen and oxygen atoms in total. The van der Waals surface area contributed by atoms with Gasteiger partial charge >= 0.3 is 12.1 Å². The normalized spacial score (nSPS) is 12.3. The van der Waals surface area contributed by atoms with Gasteiger partial charge in [0.05, 0.1) is 11.6 Å².